The summed E-state index contributed by atoms with van der Waals surface area (Å²) in [6.45, 7) is 1.57. The molecule has 1 N–H and O–H groups in total. The standard InChI is InChI=1S/C13H18N2O/c1-10(16)15(2)13-8-6-12(7-9-13)14-11-4-3-5-11/h6-9,11,14H,3-5H2,1-2H3. The number of benzene rings is 1. The maximum atomic E-state index is 11.2. The maximum Gasteiger partial charge on any atom is 0.223 e. The van der Waals surface area contributed by atoms with E-state index < -0.39 is 0 Å². The molecule has 0 atom stereocenters. The highest BCUT2D eigenvalue weighted by Gasteiger charge is 2.16. The van der Waals surface area contributed by atoms with Gasteiger partial charge in [-0.2, -0.15) is 0 Å². The van der Waals surface area contributed by atoms with E-state index in [0.717, 1.165) is 11.4 Å². The highest BCUT2D eigenvalue weighted by Crippen LogP contribution is 2.24. The van der Waals surface area contributed by atoms with Crippen molar-refractivity contribution in [2.45, 2.75) is 32.2 Å². The van der Waals surface area contributed by atoms with Gasteiger partial charge < -0.3 is 10.2 Å². The van der Waals surface area contributed by atoms with Crippen LogP contribution in [0.4, 0.5) is 11.4 Å². The molecule has 0 radical (unpaired) electrons. The van der Waals surface area contributed by atoms with Crippen LogP contribution in [0.3, 0.4) is 0 Å². The summed E-state index contributed by atoms with van der Waals surface area (Å²) in [5.74, 6) is 0.0553. The zero-order valence-electron chi connectivity index (χ0n) is 9.86. The lowest BCUT2D eigenvalue weighted by Gasteiger charge is -2.27. The van der Waals surface area contributed by atoms with Gasteiger partial charge in [-0.3, -0.25) is 4.79 Å². The molecule has 1 aliphatic carbocycles. The van der Waals surface area contributed by atoms with E-state index in [2.05, 4.69) is 5.32 Å². The first kappa shape index (κ1) is 11.0. The molecule has 0 heterocycles. The molecule has 0 spiro atoms. The molecule has 3 heteroatoms. The van der Waals surface area contributed by atoms with E-state index in [-0.39, 0.29) is 5.91 Å². The topological polar surface area (TPSA) is 32.3 Å². The van der Waals surface area contributed by atoms with Crippen LogP contribution in [-0.4, -0.2) is 19.0 Å². The molecule has 0 unspecified atom stereocenters. The number of rotatable bonds is 3. The first-order valence-corrected chi connectivity index (χ1v) is 5.78. The van der Waals surface area contributed by atoms with Crippen molar-refractivity contribution in [3.05, 3.63) is 24.3 Å². The number of amides is 1. The number of nitrogens with zero attached hydrogens (tertiary/aromatic N) is 1. The minimum Gasteiger partial charge on any atom is -0.382 e. The zero-order chi connectivity index (χ0) is 11.5. The van der Waals surface area contributed by atoms with Crippen molar-refractivity contribution in [1.82, 2.24) is 0 Å². The van der Waals surface area contributed by atoms with Crippen LogP contribution in [0, 0.1) is 0 Å². The predicted octanol–water partition coefficient (Wildman–Crippen LogP) is 2.63. The smallest absolute Gasteiger partial charge is 0.223 e. The first-order valence-electron chi connectivity index (χ1n) is 5.78. The monoisotopic (exact) mass is 218 g/mol. The third kappa shape index (κ3) is 2.35. The third-order valence-corrected chi connectivity index (χ3v) is 3.20. The summed E-state index contributed by atoms with van der Waals surface area (Å²) < 4.78 is 0. The fourth-order valence-electron chi connectivity index (χ4n) is 1.75. The molecule has 1 fully saturated rings. The average Bonchev–Trinajstić information content (AvgIpc) is 2.23. The lowest BCUT2D eigenvalue weighted by Crippen LogP contribution is -2.27. The van der Waals surface area contributed by atoms with Gasteiger partial charge in [0.15, 0.2) is 0 Å². The van der Waals surface area contributed by atoms with Crippen molar-refractivity contribution in [1.29, 1.82) is 0 Å². The molecule has 16 heavy (non-hydrogen) atoms. The van der Waals surface area contributed by atoms with Crippen molar-refractivity contribution < 1.29 is 4.79 Å². The largest absolute Gasteiger partial charge is 0.382 e. The van der Waals surface area contributed by atoms with Gasteiger partial charge in [0, 0.05) is 31.4 Å². The number of carbonyl (C=O) groups is 1. The molecule has 1 amide bonds. The number of nitrogens with one attached hydrogen (secondary N) is 1. The lowest BCUT2D eigenvalue weighted by atomic mass is 9.93. The molecule has 2 rings (SSSR count). The molecule has 3 nitrogen and oxygen atoms in total. The van der Waals surface area contributed by atoms with Gasteiger partial charge in [0.2, 0.25) is 5.91 Å². The minimum absolute atomic E-state index is 0.0553. The highest BCUT2D eigenvalue weighted by atomic mass is 16.2. The van der Waals surface area contributed by atoms with E-state index in [1.165, 1.54) is 19.3 Å². The Labute approximate surface area is 96.5 Å². The normalized spacial score (nSPS) is 15.4. The van der Waals surface area contributed by atoms with Gasteiger partial charge in [-0.05, 0) is 43.5 Å². The SMILES string of the molecule is CC(=O)N(C)c1ccc(NC2CCC2)cc1. The van der Waals surface area contributed by atoms with Crippen molar-refractivity contribution in [2.75, 3.05) is 17.3 Å². The minimum atomic E-state index is 0.0553. The Bertz CT molecular complexity index is 368. The van der Waals surface area contributed by atoms with E-state index in [4.69, 9.17) is 0 Å². The van der Waals surface area contributed by atoms with Crippen molar-refractivity contribution in [3.63, 3.8) is 0 Å². The summed E-state index contributed by atoms with van der Waals surface area (Å²) in [6, 6.07) is 8.67. The van der Waals surface area contributed by atoms with E-state index >= 15 is 0 Å². The van der Waals surface area contributed by atoms with Crippen molar-refractivity contribution >= 4 is 17.3 Å². The van der Waals surface area contributed by atoms with E-state index in [1.807, 2.05) is 24.3 Å². The Kier molecular flexibility index (Phi) is 3.13. The van der Waals surface area contributed by atoms with Crippen LogP contribution < -0.4 is 10.2 Å². The molecule has 1 aromatic rings. The summed E-state index contributed by atoms with van der Waals surface area (Å²) in [5, 5.41) is 3.47. The second kappa shape index (κ2) is 4.56. The molecule has 0 bridgehead atoms. The van der Waals surface area contributed by atoms with Gasteiger partial charge in [0.05, 0.1) is 0 Å². The Morgan fingerprint density at radius 2 is 1.94 bits per heavy atom. The number of anilines is 2. The van der Waals surface area contributed by atoms with Crippen LogP contribution in [0.25, 0.3) is 0 Å². The second-order valence-corrected chi connectivity index (χ2v) is 4.40. The first-order chi connectivity index (χ1) is 7.66. The molecule has 0 aromatic heterocycles. The van der Waals surface area contributed by atoms with E-state index in [9.17, 15) is 4.79 Å². The Morgan fingerprint density at radius 3 is 2.38 bits per heavy atom. The van der Waals surface area contributed by atoms with Gasteiger partial charge in [-0.25, -0.2) is 0 Å². The van der Waals surface area contributed by atoms with Gasteiger partial charge in [-0.1, -0.05) is 0 Å². The van der Waals surface area contributed by atoms with Crippen LogP contribution in [0.2, 0.25) is 0 Å². The zero-order valence-corrected chi connectivity index (χ0v) is 9.86. The quantitative estimate of drug-likeness (QED) is 0.845. The summed E-state index contributed by atoms with van der Waals surface area (Å²) in [5.41, 5.74) is 2.08. The summed E-state index contributed by atoms with van der Waals surface area (Å²) in [4.78, 5) is 12.8. The predicted molar refractivity (Wildman–Crippen MR) is 66.8 cm³/mol. The van der Waals surface area contributed by atoms with Gasteiger partial charge >= 0.3 is 0 Å². The summed E-state index contributed by atoms with van der Waals surface area (Å²) >= 11 is 0. The maximum absolute atomic E-state index is 11.2. The number of carbonyl (C=O) groups excluding carboxylic acids is 1. The van der Waals surface area contributed by atoms with Gasteiger partial charge in [0.1, 0.15) is 0 Å². The molecule has 0 saturated heterocycles. The second-order valence-electron chi connectivity index (χ2n) is 4.40. The van der Waals surface area contributed by atoms with E-state index in [1.54, 1.807) is 18.9 Å². The van der Waals surface area contributed by atoms with Crippen LogP contribution in [0.1, 0.15) is 26.2 Å². The summed E-state index contributed by atoms with van der Waals surface area (Å²) in [7, 11) is 1.79. The third-order valence-electron chi connectivity index (χ3n) is 3.20. The summed E-state index contributed by atoms with van der Waals surface area (Å²) in [6.07, 6.45) is 3.88. The Balaban J connectivity index is 2.00. The van der Waals surface area contributed by atoms with E-state index in [0.29, 0.717) is 6.04 Å². The fraction of sp³-hybridized carbons (Fsp3) is 0.462. The van der Waals surface area contributed by atoms with Gasteiger partial charge in [0.25, 0.3) is 0 Å². The van der Waals surface area contributed by atoms with Gasteiger partial charge in [-0.15, -0.1) is 0 Å². The molecule has 1 saturated carbocycles. The average molecular weight is 218 g/mol. The fourth-order valence-corrected chi connectivity index (χ4v) is 1.75. The number of hydrogen-bond donors (Lipinski definition) is 1. The molecular weight excluding hydrogens is 200 g/mol. The number of hydrogen-bond acceptors (Lipinski definition) is 2. The van der Waals surface area contributed by atoms with Crippen LogP contribution >= 0.6 is 0 Å². The molecule has 0 aliphatic heterocycles. The molecule has 1 aromatic carbocycles. The Hall–Kier alpha value is -1.51. The van der Waals surface area contributed by atoms with Crippen molar-refractivity contribution in [3.8, 4) is 0 Å². The Morgan fingerprint density at radius 1 is 1.31 bits per heavy atom. The van der Waals surface area contributed by atoms with Crippen LogP contribution in [-0.2, 0) is 4.79 Å². The van der Waals surface area contributed by atoms with Crippen molar-refractivity contribution in [2.24, 2.45) is 0 Å². The van der Waals surface area contributed by atoms with Crippen LogP contribution in [0.5, 0.6) is 0 Å². The molecular formula is C13H18N2O. The molecule has 86 valence electrons. The van der Waals surface area contributed by atoms with Crippen LogP contribution in [0.15, 0.2) is 24.3 Å². The molecule has 1 aliphatic rings. The highest BCUT2D eigenvalue weighted by molar-refractivity contribution is 5.90. The lowest BCUT2D eigenvalue weighted by molar-refractivity contribution is -0.116.